The van der Waals surface area contributed by atoms with E-state index in [0.29, 0.717) is 0 Å². The van der Waals surface area contributed by atoms with Crippen LogP contribution in [0.25, 0.3) is 10.9 Å². The fourth-order valence-electron chi connectivity index (χ4n) is 2.34. The van der Waals surface area contributed by atoms with Crippen molar-refractivity contribution in [3.63, 3.8) is 0 Å². The average Bonchev–Trinajstić information content (AvgIpc) is 2.67. The van der Waals surface area contributed by atoms with E-state index in [-0.39, 0.29) is 0 Å². The zero-order valence-corrected chi connectivity index (χ0v) is 11.3. The van der Waals surface area contributed by atoms with Gasteiger partial charge in [-0.1, -0.05) is 26.2 Å². The number of rotatable bonds is 5. The number of aryl methyl sites for hydroxylation is 3. The fourth-order valence-corrected chi connectivity index (χ4v) is 2.34. The molecule has 0 aliphatic heterocycles. The van der Waals surface area contributed by atoms with E-state index >= 15 is 0 Å². The van der Waals surface area contributed by atoms with Gasteiger partial charge in [-0.3, -0.25) is 0 Å². The maximum absolute atomic E-state index is 3.54. The van der Waals surface area contributed by atoms with E-state index in [9.17, 15) is 0 Å². The van der Waals surface area contributed by atoms with Crippen molar-refractivity contribution in [2.75, 3.05) is 0 Å². The van der Waals surface area contributed by atoms with Crippen LogP contribution in [0, 0.1) is 13.8 Å². The monoisotopic (exact) mass is 229 g/mol. The number of unbranched alkanes of at least 4 members (excludes halogenated alkanes) is 3. The topological polar surface area (TPSA) is 15.8 Å². The van der Waals surface area contributed by atoms with E-state index in [1.54, 1.807) is 0 Å². The molecular formula is C16H23N. The lowest BCUT2D eigenvalue weighted by Crippen LogP contribution is -1.85. The van der Waals surface area contributed by atoms with Gasteiger partial charge in [0.15, 0.2) is 0 Å². The van der Waals surface area contributed by atoms with E-state index in [1.165, 1.54) is 59.8 Å². The van der Waals surface area contributed by atoms with Gasteiger partial charge in [0.25, 0.3) is 0 Å². The summed E-state index contributed by atoms with van der Waals surface area (Å²) in [5.74, 6) is 0. The molecule has 0 radical (unpaired) electrons. The van der Waals surface area contributed by atoms with E-state index in [1.807, 2.05) is 0 Å². The second kappa shape index (κ2) is 5.39. The Hall–Kier alpha value is -1.24. The van der Waals surface area contributed by atoms with Crippen molar-refractivity contribution in [1.82, 2.24) is 4.98 Å². The van der Waals surface area contributed by atoms with Crippen molar-refractivity contribution >= 4 is 10.9 Å². The second-order valence-electron chi connectivity index (χ2n) is 5.13. The number of aromatic nitrogens is 1. The highest BCUT2D eigenvalue weighted by molar-refractivity contribution is 5.82. The summed E-state index contributed by atoms with van der Waals surface area (Å²) in [4.78, 5) is 3.54. The average molecular weight is 229 g/mol. The minimum atomic E-state index is 1.19. The lowest BCUT2D eigenvalue weighted by Gasteiger charge is -1.98. The molecule has 0 aliphatic carbocycles. The molecule has 0 bridgehead atoms. The van der Waals surface area contributed by atoms with Gasteiger partial charge in [0, 0.05) is 11.2 Å². The molecule has 0 atom stereocenters. The molecule has 0 amide bonds. The van der Waals surface area contributed by atoms with Crippen LogP contribution in [-0.4, -0.2) is 4.98 Å². The summed E-state index contributed by atoms with van der Waals surface area (Å²) in [6.07, 6.45) is 6.51. The predicted octanol–water partition coefficient (Wildman–Crippen LogP) is 4.91. The van der Waals surface area contributed by atoms with Crippen LogP contribution >= 0.6 is 0 Å². The standard InChI is InChI=1S/C16H23N/c1-4-5-6-7-8-15-11-14-9-12(2)13(3)10-16(14)17-15/h9-11,17H,4-8H2,1-3H3. The van der Waals surface area contributed by atoms with Gasteiger partial charge in [-0.15, -0.1) is 0 Å². The van der Waals surface area contributed by atoms with Gasteiger partial charge in [0.1, 0.15) is 0 Å². The molecule has 0 aliphatic rings. The SMILES string of the molecule is CCCCCCc1cc2cc(C)c(C)cc2[nH]1. The highest BCUT2D eigenvalue weighted by Crippen LogP contribution is 2.21. The minimum Gasteiger partial charge on any atom is -0.358 e. The first-order chi connectivity index (χ1) is 8.20. The summed E-state index contributed by atoms with van der Waals surface area (Å²) in [6.45, 7) is 6.62. The summed E-state index contributed by atoms with van der Waals surface area (Å²) in [5, 5.41) is 1.36. The molecule has 0 saturated carbocycles. The molecule has 0 spiro atoms. The van der Waals surface area contributed by atoms with Gasteiger partial charge in [0.2, 0.25) is 0 Å². The van der Waals surface area contributed by atoms with Crippen LogP contribution in [0.5, 0.6) is 0 Å². The lowest BCUT2D eigenvalue weighted by atomic mass is 10.1. The Morgan fingerprint density at radius 3 is 2.47 bits per heavy atom. The molecule has 1 nitrogen and oxygen atoms in total. The molecule has 92 valence electrons. The van der Waals surface area contributed by atoms with Crippen molar-refractivity contribution in [1.29, 1.82) is 0 Å². The number of hydrogen-bond acceptors (Lipinski definition) is 0. The molecule has 0 saturated heterocycles. The van der Waals surface area contributed by atoms with Crippen molar-refractivity contribution < 1.29 is 0 Å². The number of fused-ring (bicyclic) bond motifs is 1. The molecule has 1 heteroatoms. The summed E-state index contributed by atoms with van der Waals surface area (Å²) in [7, 11) is 0. The van der Waals surface area contributed by atoms with Crippen LogP contribution in [-0.2, 0) is 6.42 Å². The fraction of sp³-hybridized carbons (Fsp3) is 0.500. The molecule has 1 heterocycles. The summed E-state index contributed by atoms with van der Waals surface area (Å²) >= 11 is 0. The molecule has 17 heavy (non-hydrogen) atoms. The molecular weight excluding hydrogens is 206 g/mol. The van der Waals surface area contributed by atoms with Gasteiger partial charge in [0.05, 0.1) is 0 Å². The maximum Gasteiger partial charge on any atom is 0.0458 e. The predicted molar refractivity (Wildman–Crippen MR) is 75.6 cm³/mol. The highest BCUT2D eigenvalue weighted by Gasteiger charge is 2.02. The second-order valence-corrected chi connectivity index (χ2v) is 5.13. The summed E-state index contributed by atoms with van der Waals surface area (Å²) < 4.78 is 0. The molecule has 0 fully saturated rings. The number of hydrogen-bond donors (Lipinski definition) is 1. The van der Waals surface area contributed by atoms with E-state index in [2.05, 4.69) is 44.0 Å². The Balaban J connectivity index is 2.09. The summed E-state index contributed by atoms with van der Waals surface area (Å²) in [5.41, 5.74) is 5.44. The Morgan fingerprint density at radius 2 is 1.71 bits per heavy atom. The van der Waals surface area contributed by atoms with Crippen LogP contribution in [0.4, 0.5) is 0 Å². The first kappa shape index (κ1) is 12.2. The van der Waals surface area contributed by atoms with Crippen molar-refractivity contribution in [3.05, 3.63) is 35.0 Å². The first-order valence-corrected chi connectivity index (χ1v) is 6.79. The highest BCUT2D eigenvalue weighted by atomic mass is 14.7. The zero-order valence-electron chi connectivity index (χ0n) is 11.3. The quantitative estimate of drug-likeness (QED) is 0.701. The van der Waals surface area contributed by atoms with E-state index < -0.39 is 0 Å². The van der Waals surface area contributed by atoms with Crippen LogP contribution in [0.15, 0.2) is 18.2 Å². The van der Waals surface area contributed by atoms with E-state index in [0.717, 1.165) is 0 Å². The largest absolute Gasteiger partial charge is 0.358 e. The van der Waals surface area contributed by atoms with Crippen LogP contribution in [0.2, 0.25) is 0 Å². The first-order valence-electron chi connectivity index (χ1n) is 6.79. The zero-order chi connectivity index (χ0) is 12.3. The van der Waals surface area contributed by atoms with Gasteiger partial charge >= 0.3 is 0 Å². The third-order valence-corrected chi connectivity index (χ3v) is 3.59. The minimum absolute atomic E-state index is 1.19. The van der Waals surface area contributed by atoms with Crippen molar-refractivity contribution in [2.24, 2.45) is 0 Å². The molecule has 1 aromatic carbocycles. The Bertz CT molecular complexity index is 454. The van der Waals surface area contributed by atoms with Crippen molar-refractivity contribution in [3.8, 4) is 0 Å². The van der Waals surface area contributed by atoms with Gasteiger partial charge < -0.3 is 4.98 Å². The van der Waals surface area contributed by atoms with E-state index in [4.69, 9.17) is 0 Å². The molecule has 2 aromatic rings. The normalized spacial score (nSPS) is 11.2. The Labute approximate surface area is 104 Å². The lowest BCUT2D eigenvalue weighted by molar-refractivity contribution is 0.662. The van der Waals surface area contributed by atoms with Crippen LogP contribution < -0.4 is 0 Å². The molecule has 1 N–H and O–H groups in total. The smallest absolute Gasteiger partial charge is 0.0458 e. The Kier molecular flexibility index (Phi) is 3.88. The van der Waals surface area contributed by atoms with Gasteiger partial charge in [-0.25, -0.2) is 0 Å². The van der Waals surface area contributed by atoms with Gasteiger partial charge in [-0.05, 0) is 61.4 Å². The third kappa shape index (κ3) is 2.91. The number of nitrogens with one attached hydrogen (secondary N) is 1. The van der Waals surface area contributed by atoms with Gasteiger partial charge in [-0.2, -0.15) is 0 Å². The number of aromatic amines is 1. The summed E-state index contributed by atoms with van der Waals surface area (Å²) in [6, 6.07) is 6.87. The maximum atomic E-state index is 3.54. The van der Waals surface area contributed by atoms with Crippen LogP contribution in [0.3, 0.4) is 0 Å². The molecule has 1 aromatic heterocycles. The number of H-pyrrole nitrogens is 1. The molecule has 2 rings (SSSR count). The molecule has 0 unspecified atom stereocenters. The Morgan fingerprint density at radius 1 is 0.941 bits per heavy atom. The third-order valence-electron chi connectivity index (χ3n) is 3.59. The van der Waals surface area contributed by atoms with Crippen molar-refractivity contribution in [2.45, 2.75) is 52.9 Å². The van der Waals surface area contributed by atoms with Crippen LogP contribution in [0.1, 0.15) is 49.4 Å². The number of benzene rings is 1.